The van der Waals surface area contributed by atoms with E-state index in [0.29, 0.717) is 32.0 Å². The zero-order valence-electron chi connectivity index (χ0n) is 15.3. The molecule has 4 rings (SSSR count). The average Bonchev–Trinajstić information content (AvgIpc) is 3.36. The second-order valence-electron chi connectivity index (χ2n) is 7.31. The largest absolute Gasteiger partial charge is 0.456 e. The number of carbonyl (C=O) groups is 2. The predicted octanol–water partition coefficient (Wildman–Crippen LogP) is 2.83. The standard InChI is InChI=1S/C20H24N2O4S/c1-13-4-5-18(26-13)20(24)22-7-6-17-14(11-22)9-15(12-25-17)19(23)21-10-16-3-2-8-27-16/h2-5,8,14-15,17H,6-7,9-12H2,1H3,(H,21,23)/t14-,15-,17+/m0/s1. The summed E-state index contributed by atoms with van der Waals surface area (Å²) in [5.74, 6) is 1.10. The molecular weight excluding hydrogens is 364 g/mol. The number of rotatable bonds is 4. The van der Waals surface area contributed by atoms with Gasteiger partial charge < -0.3 is 19.4 Å². The molecule has 2 saturated heterocycles. The monoisotopic (exact) mass is 388 g/mol. The van der Waals surface area contributed by atoms with Crippen LogP contribution < -0.4 is 5.32 Å². The molecule has 0 unspecified atom stereocenters. The zero-order valence-corrected chi connectivity index (χ0v) is 16.2. The average molecular weight is 388 g/mol. The summed E-state index contributed by atoms with van der Waals surface area (Å²) >= 11 is 1.63. The van der Waals surface area contributed by atoms with Crippen molar-refractivity contribution in [3.63, 3.8) is 0 Å². The fraction of sp³-hybridized carbons (Fsp3) is 0.500. The molecule has 0 aliphatic carbocycles. The van der Waals surface area contributed by atoms with Crippen molar-refractivity contribution in [1.29, 1.82) is 0 Å². The number of hydrogen-bond acceptors (Lipinski definition) is 5. The minimum atomic E-state index is -0.160. The Hall–Kier alpha value is -2.12. The van der Waals surface area contributed by atoms with E-state index in [0.717, 1.165) is 23.5 Å². The van der Waals surface area contributed by atoms with Gasteiger partial charge in [0.2, 0.25) is 5.91 Å². The number of piperidine rings is 1. The van der Waals surface area contributed by atoms with Gasteiger partial charge in [0.15, 0.2) is 5.76 Å². The van der Waals surface area contributed by atoms with Gasteiger partial charge in [-0.25, -0.2) is 0 Å². The lowest BCUT2D eigenvalue weighted by Gasteiger charge is -2.42. The quantitative estimate of drug-likeness (QED) is 0.874. The van der Waals surface area contributed by atoms with Crippen molar-refractivity contribution in [2.45, 2.75) is 32.4 Å². The Morgan fingerprint density at radius 2 is 2.22 bits per heavy atom. The van der Waals surface area contributed by atoms with Crippen LogP contribution >= 0.6 is 11.3 Å². The van der Waals surface area contributed by atoms with Gasteiger partial charge >= 0.3 is 0 Å². The van der Waals surface area contributed by atoms with E-state index in [1.54, 1.807) is 23.5 Å². The number of fused-ring (bicyclic) bond motifs is 1. The third kappa shape index (κ3) is 4.09. The Labute approximate surface area is 162 Å². The van der Waals surface area contributed by atoms with Crippen LogP contribution in [0.4, 0.5) is 0 Å². The lowest BCUT2D eigenvalue weighted by atomic mass is 9.83. The molecular formula is C20H24N2O4S. The molecule has 2 fully saturated rings. The Kier molecular flexibility index (Phi) is 5.31. The topological polar surface area (TPSA) is 71.8 Å². The number of nitrogens with zero attached hydrogens (tertiary/aromatic N) is 1. The van der Waals surface area contributed by atoms with E-state index in [4.69, 9.17) is 9.15 Å². The van der Waals surface area contributed by atoms with Crippen LogP contribution in [0.1, 0.15) is 34.0 Å². The number of likely N-dealkylation sites (tertiary alicyclic amines) is 1. The first-order valence-corrected chi connectivity index (χ1v) is 10.3. The van der Waals surface area contributed by atoms with Gasteiger partial charge in [0, 0.05) is 23.9 Å². The van der Waals surface area contributed by atoms with Gasteiger partial charge in [0.05, 0.1) is 25.2 Å². The minimum Gasteiger partial charge on any atom is -0.456 e. The Morgan fingerprint density at radius 3 is 2.96 bits per heavy atom. The molecule has 2 aromatic heterocycles. The predicted molar refractivity (Wildman–Crippen MR) is 101 cm³/mol. The minimum absolute atomic E-state index is 0.0342. The van der Waals surface area contributed by atoms with Crippen LogP contribution in [0.5, 0.6) is 0 Å². The SMILES string of the molecule is Cc1ccc(C(=O)N2CC[C@H]3OC[C@@H](C(=O)NCc4cccs4)C[C@H]3C2)o1. The highest BCUT2D eigenvalue weighted by atomic mass is 32.1. The van der Waals surface area contributed by atoms with E-state index in [9.17, 15) is 9.59 Å². The third-order valence-electron chi connectivity index (χ3n) is 5.39. The molecule has 3 atom stereocenters. The number of thiophene rings is 1. The smallest absolute Gasteiger partial charge is 0.289 e. The van der Waals surface area contributed by atoms with Crippen molar-refractivity contribution in [2.75, 3.05) is 19.7 Å². The van der Waals surface area contributed by atoms with Crippen LogP contribution in [0.15, 0.2) is 34.1 Å². The summed E-state index contributed by atoms with van der Waals surface area (Å²) in [7, 11) is 0. The van der Waals surface area contributed by atoms with Gasteiger partial charge in [-0.3, -0.25) is 9.59 Å². The number of aryl methyl sites for hydroxylation is 1. The van der Waals surface area contributed by atoms with Gasteiger partial charge in [-0.05, 0) is 43.3 Å². The molecule has 2 aliphatic heterocycles. The fourth-order valence-electron chi connectivity index (χ4n) is 3.93. The summed E-state index contributed by atoms with van der Waals surface area (Å²) in [5, 5.41) is 5.01. The Balaban J connectivity index is 1.34. The summed E-state index contributed by atoms with van der Waals surface area (Å²) in [6, 6.07) is 7.52. The summed E-state index contributed by atoms with van der Waals surface area (Å²) in [4.78, 5) is 28.1. The summed E-state index contributed by atoms with van der Waals surface area (Å²) in [6.45, 7) is 4.12. The highest BCUT2D eigenvalue weighted by Gasteiger charge is 2.39. The maximum Gasteiger partial charge on any atom is 0.289 e. The third-order valence-corrected chi connectivity index (χ3v) is 6.27. The summed E-state index contributed by atoms with van der Waals surface area (Å²) in [6.07, 6.45) is 1.69. The number of ether oxygens (including phenoxy) is 1. The maximum absolute atomic E-state index is 12.7. The molecule has 0 bridgehead atoms. The second kappa shape index (κ2) is 7.86. The highest BCUT2D eigenvalue weighted by Crippen LogP contribution is 2.32. The fourth-order valence-corrected chi connectivity index (χ4v) is 4.58. The molecule has 2 amide bonds. The molecule has 6 nitrogen and oxygen atoms in total. The van der Waals surface area contributed by atoms with Crippen LogP contribution in [0.2, 0.25) is 0 Å². The van der Waals surface area contributed by atoms with E-state index in [-0.39, 0.29) is 29.8 Å². The van der Waals surface area contributed by atoms with Gasteiger partial charge in [-0.2, -0.15) is 0 Å². The van der Waals surface area contributed by atoms with Gasteiger partial charge in [0.1, 0.15) is 5.76 Å². The van der Waals surface area contributed by atoms with E-state index in [1.807, 2.05) is 29.3 Å². The molecule has 4 heterocycles. The van der Waals surface area contributed by atoms with Crippen molar-refractivity contribution in [1.82, 2.24) is 10.2 Å². The van der Waals surface area contributed by atoms with Crippen LogP contribution in [-0.4, -0.2) is 42.5 Å². The van der Waals surface area contributed by atoms with Crippen LogP contribution in [-0.2, 0) is 16.1 Å². The van der Waals surface area contributed by atoms with E-state index < -0.39 is 0 Å². The molecule has 7 heteroatoms. The van der Waals surface area contributed by atoms with E-state index in [1.165, 1.54) is 0 Å². The number of nitrogens with one attached hydrogen (secondary N) is 1. The van der Waals surface area contributed by atoms with E-state index >= 15 is 0 Å². The summed E-state index contributed by atoms with van der Waals surface area (Å²) < 4.78 is 11.4. The Morgan fingerprint density at radius 1 is 1.33 bits per heavy atom. The van der Waals surface area contributed by atoms with Crippen LogP contribution in [0, 0.1) is 18.8 Å². The molecule has 2 aromatic rings. The number of hydrogen-bond donors (Lipinski definition) is 1. The van der Waals surface area contributed by atoms with Gasteiger partial charge in [0.25, 0.3) is 5.91 Å². The van der Waals surface area contributed by atoms with Crippen LogP contribution in [0.25, 0.3) is 0 Å². The van der Waals surface area contributed by atoms with Crippen LogP contribution in [0.3, 0.4) is 0 Å². The molecule has 1 N–H and O–H groups in total. The van der Waals surface area contributed by atoms with Crippen molar-refractivity contribution in [3.05, 3.63) is 46.0 Å². The molecule has 0 spiro atoms. The number of furan rings is 1. The summed E-state index contributed by atoms with van der Waals surface area (Å²) in [5.41, 5.74) is 0. The first-order valence-electron chi connectivity index (χ1n) is 9.37. The first-order chi connectivity index (χ1) is 13.1. The maximum atomic E-state index is 12.7. The normalized spacial score (nSPS) is 25.1. The Bertz CT molecular complexity index is 801. The lowest BCUT2D eigenvalue weighted by Crippen LogP contribution is -2.51. The number of amides is 2. The first kappa shape index (κ1) is 18.3. The highest BCUT2D eigenvalue weighted by molar-refractivity contribution is 7.09. The molecule has 0 radical (unpaired) electrons. The molecule has 0 aromatic carbocycles. The number of carbonyl (C=O) groups excluding carboxylic acids is 2. The molecule has 0 saturated carbocycles. The molecule has 27 heavy (non-hydrogen) atoms. The van der Waals surface area contributed by atoms with Crippen molar-refractivity contribution < 1.29 is 18.7 Å². The zero-order chi connectivity index (χ0) is 18.8. The molecule has 144 valence electrons. The van der Waals surface area contributed by atoms with E-state index in [2.05, 4.69) is 5.32 Å². The van der Waals surface area contributed by atoms with Crippen molar-refractivity contribution in [2.24, 2.45) is 11.8 Å². The van der Waals surface area contributed by atoms with Gasteiger partial charge in [-0.1, -0.05) is 6.07 Å². The molecule has 2 aliphatic rings. The van der Waals surface area contributed by atoms with Crippen molar-refractivity contribution in [3.8, 4) is 0 Å². The second-order valence-corrected chi connectivity index (χ2v) is 8.34. The van der Waals surface area contributed by atoms with Gasteiger partial charge in [-0.15, -0.1) is 11.3 Å². The lowest BCUT2D eigenvalue weighted by molar-refractivity contribution is -0.138. The van der Waals surface area contributed by atoms with Crippen molar-refractivity contribution >= 4 is 23.2 Å².